The van der Waals surface area contributed by atoms with E-state index in [0.717, 1.165) is 25.7 Å². The van der Waals surface area contributed by atoms with E-state index in [4.69, 9.17) is 10.00 Å². The van der Waals surface area contributed by atoms with Crippen LogP contribution in [0.1, 0.15) is 32.6 Å². The van der Waals surface area contributed by atoms with E-state index in [-0.39, 0.29) is 17.8 Å². The molecule has 3 nitrogen and oxygen atoms in total. The zero-order chi connectivity index (χ0) is 9.68. The van der Waals surface area contributed by atoms with Crippen molar-refractivity contribution in [1.82, 2.24) is 0 Å². The number of hydrogen-bond acceptors (Lipinski definition) is 3. The fraction of sp³-hybridized carbons (Fsp3) is 0.800. The van der Waals surface area contributed by atoms with Gasteiger partial charge < -0.3 is 4.74 Å². The quantitative estimate of drug-likeness (QED) is 0.611. The minimum Gasteiger partial charge on any atom is -0.466 e. The van der Waals surface area contributed by atoms with Gasteiger partial charge in [0, 0.05) is 5.92 Å². The second-order valence-corrected chi connectivity index (χ2v) is 3.43. The van der Waals surface area contributed by atoms with Crippen molar-refractivity contribution in [2.45, 2.75) is 32.6 Å². The Labute approximate surface area is 78.7 Å². The summed E-state index contributed by atoms with van der Waals surface area (Å²) in [5.41, 5.74) is 0. The maximum absolute atomic E-state index is 11.3. The van der Waals surface area contributed by atoms with Crippen LogP contribution in [0.3, 0.4) is 0 Å². The van der Waals surface area contributed by atoms with Crippen molar-refractivity contribution in [3.8, 4) is 6.07 Å². The number of hydrogen-bond donors (Lipinski definition) is 0. The summed E-state index contributed by atoms with van der Waals surface area (Å²) in [5, 5.41) is 8.65. The van der Waals surface area contributed by atoms with Crippen LogP contribution in [-0.2, 0) is 9.53 Å². The van der Waals surface area contributed by atoms with Crippen LogP contribution < -0.4 is 0 Å². The van der Waals surface area contributed by atoms with Crippen molar-refractivity contribution in [1.29, 1.82) is 5.26 Å². The van der Waals surface area contributed by atoms with Crippen molar-refractivity contribution in [2.75, 3.05) is 6.61 Å². The van der Waals surface area contributed by atoms with Gasteiger partial charge in [-0.2, -0.15) is 5.26 Å². The first-order valence-electron chi connectivity index (χ1n) is 4.84. The minimum absolute atomic E-state index is 0.0459. The summed E-state index contributed by atoms with van der Waals surface area (Å²) in [6, 6.07) is 2.24. The van der Waals surface area contributed by atoms with E-state index in [1.165, 1.54) is 0 Å². The van der Waals surface area contributed by atoms with E-state index in [0.29, 0.717) is 6.61 Å². The third-order valence-electron chi connectivity index (χ3n) is 2.53. The maximum atomic E-state index is 11.3. The predicted molar refractivity (Wildman–Crippen MR) is 47.7 cm³/mol. The second kappa shape index (κ2) is 4.86. The highest BCUT2D eigenvalue weighted by Gasteiger charge is 2.26. The molecule has 13 heavy (non-hydrogen) atoms. The van der Waals surface area contributed by atoms with E-state index >= 15 is 0 Å². The summed E-state index contributed by atoms with van der Waals surface area (Å²) in [7, 11) is 0. The topological polar surface area (TPSA) is 50.1 Å². The molecule has 0 heterocycles. The zero-order valence-corrected chi connectivity index (χ0v) is 7.95. The van der Waals surface area contributed by atoms with Crippen LogP contribution in [0.25, 0.3) is 0 Å². The van der Waals surface area contributed by atoms with Gasteiger partial charge in [-0.15, -0.1) is 0 Å². The Morgan fingerprint density at radius 3 is 2.54 bits per heavy atom. The fourth-order valence-electron chi connectivity index (χ4n) is 1.72. The Morgan fingerprint density at radius 2 is 2.08 bits per heavy atom. The number of rotatable bonds is 2. The van der Waals surface area contributed by atoms with Crippen molar-refractivity contribution in [3.05, 3.63) is 0 Å². The molecule has 1 rings (SSSR count). The molecule has 3 heteroatoms. The van der Waals surface area contributed by atoms with Crippen LogP contribution in [-0.4, -0.2) is 12.6 Å². The molecule has 0 aromatic heterocycles. The molecule has 1 aliphatic carbocycles. The first-order chi connectivity index (χ1) is 6.27. The number of nitriles is 1. The largest absolute Gasteiger partial charge is 0.466 e. The molecule has 0 amide bonds. The molecule has 0 N–H and O–H groups in total. The van der Waals surface area contributed by atoms with Crippen LogP contribution >= 0.6 is 0 Å². The molecule has 72 valence electrons. The Bertz CT molecular complexity index is 211. The monoisotopic (exact) mass is 181 g/mol. The van der Waals surface area contributed by atoms with Gasteiger partial charge in [0.15, 0.2) is 0 Å². The highest BCUT2D eigenvalue weighted by atomic mass is 16.5. The van der Waals surface area contributed by atoms with Gasteiger partial charge in [0.25, 0.3) is 0 Å². The average Bonchev–Trinajstić information content (AvgIpc) is 2.18. The molecule has 0 radical (unpaired) electrons. The summed E-state index contributed by atoms with van der Waals surface area (Å²) in [5.74, 6) is 0.120. The van der Waals surface area contributed by atoms with Gasteiger partial charge in [0.2, 0.25) is 0 Å². The van der Waals surface area contributed by atoms with Crippen molar-refractivity contribution >= 4 is 5.97 Å². The highest BCUT2D eigenvalue weighted by Crippen LogP contribution is 2.28. The number of ether oxygens (including phenoxy) is 1. The summed E-state index contributed by atoms with van der Waals surface area (Å²) < 4.78 is 4.93. The molecule has 0 spiro atoms. The maximum Gasteiger partial charge on any atom is 0.308 e. The van der Waals surface area contributed by atoms with Crippen LogP contribution in [0.4, 0.5) is 0 Å². The molecule has 1 fully saturated rings. The molecular weight excluding hydrogens is 166 g/mol. The third-order valence-corrected chi connectivity index (χ3v) is 2.53. The van der Waals surface area contributed by atoms with Gasteiger partial charge in [0.1, 0.15) is 0 Å². The van der Waals surface area contributed by atoms with Crippen LogP contribution in [0.15, 0.2) is 0 Å². The molecule has 0 unspecified atom stereocenters. The molecule has 0 aliphatic heterocycles. The lowest BCUT2D eigenvalue weighted by Gasteiger charge is -2.22. The van der Waals surface area contributed by atoms with Gasteiger partial charge >= 0.3 is 5.97 Å². The zero-order valence-electron chi connectivity index (χ0n) is 7.95. The van der Waals surface area contributed by atoms with Crippen molar-refractivity contribution < 1.29 is 9.53 Å². The molecular formula is C10H15NO2. The lowest BCUT2D eigenvalue weighted by molar-refractivity contribution is -0.149. The molecule has 0 atom stereocenters. The van der Waals surface area contributed by atoms with E-state index in [1.54, 1.807) is 0 Å². The lowest BCUT2D eigenvalue weighted by atomic mass is 9.83. The Morgan fingerprint density at radius 1 is 1.46 bits per heavy atom. The second-order valence-electron chi connectivity index (χ2n) is 3.43. The number of carbonyl (C=O) groups is 1. The fourth-order valence-corrected chi connectivity index (χ4v) is 1.72. The standard InChI is InChI=1S/C10H15NO2/c1-2-13-10(12)9-5-3-8(7-11)4-6-9/h8-9H,2-6H2,1H3/t8-,9-. The molecule has 0 aromatic carbocycles. The molecule has 1 aliphatic rings. The summed E-state index contributed by atoms with van der Waals surface area (Å²) in [6.45, 7) is 2.27. The SMILES string of the molecule is CCOC(=O)[C@H]1CC[C@H](C#N)CC1. The third kappa shape index (κ3) is 2.73. The number of nitrogens with zero attached hydrogens (tertiary/aromatic N) is 1. The van der Waals surface area contributed by atoms with Crippen LogP contribution in [0.5, 0.6) is 0 Å². The number of esters is 1. The predicted octanol–water partition coefficient (Wildman–Crippen LogP) is 1.88. The van der Waals surface area contributed by atoms with E-state index < -0.39 is 0 Å². The molecule has 0 bridgehead atoms. The summed E-state index contributed by atoms with van der Waals surface area (Å²) >= 11 is 0. The number of carbonyl (C=O) groups excluding carboxylic acids is 1. The van der Waals surface area contributed by atoms with Gasteiger partial charge in [-0.1, -0.05) is 0 Å². The van der Waals surface area contributed by atoms with Gasteiger partial charge in [-0.05, 0) is 32.6 Å². The average molecular weight is 181 g/mol. The van der Waals surface area contributed by atoms with Crippen LogP contribution in [0, 0.1) is 23.2 Å². The summed E-state index contributed by atoms with van der Waals surface area (Å²) in [6.07, 6.45) is 3.33. The van der Waals surface area contributed by atoms with Gasteiger partial charge in [0.05, 0.1) is 18.6 Å². The Kier molecular flexibility index (Phi) is 3.75. The highest BCUT2D eigenvalue weighted by molar-refractivity contribution is 5.72. The lowest BCUT2D eigenvalue weighted by Crippen LogP contribution is -2.23. The Balaban J connectivity index is 2.33. The van der Waals surface area contributed by atoms with Crippen LogP contribution in [0.2, 0.25) is 0 Å². The van der Waals surface area contributed by atoms with E-state index in [1.807, 2.05) is 6.92 Å². The van der Waals surface area contributed by atoms with E-state index in [9.17, 15) is 4.79 Å². The van der Waals surface area contributed by atoms with Gasteiger partial charge in [-0.25, -0.2) is 0 Å². The van der Waals surface area contributed by atoms with Crippen molar-refractivity contribution in [2.24, 2.45) is 11.8 Å². The Hall–Kier alpha value is -1.04. The van der Waals surface area contributed by atoms with E-state index in [2.05, 4.69) is 6.07 Å². The normalized spacial score (nSPS) is 27.7. The first kappa shape index (κ1) is 10.0. The van der Waals surface area contributed by atoms with Gasteiger partial charge in [-0.3, -0.25) is 4.79 Å². The summed E-state index contributed by atoms with van der Waals surface area (Å²) in [4.78, 5) is 11.3. The molecule has 0 aromatic rings. The smallest absolute Gasteiger partial charge is 0.308 e. The molecule has 0 saturated heterocycles. The molecule has 1 saturated carbocycles. The minimum atomic E-state index is -0.0844. The van der Waals surface area contributed by atoms with Crippen molar-refractivity contribution in [3.63, 3.8) is 0 Å². The first-order valence-corrected chi connectivity index (χ1v) is 4.84.